The number of halogens is 1. The zero-order chi connectivity index (χ0) is 14.4. The molecule has 2 heterocycles. The minimum absolute atomic E-state index is 0. The van der Waals surface area contributed by atoms with Crippen molar-refractivity contribution in [1.29, 1.82) is 0 Å². The van der Waals surface area contributed by atoms with Gasteiger partial charge in [0.2, 0.25) is 0 Å². The van der Waals surface area contributed by atoms with Gasteiger partial charge < -0.3 is 10.2 Å². The van der Waals surface area contributed by atoms with E-state index in [4.69, 9.17) is 0 Å². The Morgan fingerprint density at radius 3 is 2.43 bits per heavy atom. The third-order valence-electron chi connectivity index (χ3n) is 3.76. The molecule has 116 valence electrons. The SMILES string of the molecule is C=CCN(CC=C)C(=O)C1(n2cccn2)CCNCC1.Cl. The van der Waals surface area contributed by atoms with E-state index in [-0.39, 0.29) is 18.3 Å². The molecular formula is C15H23ClN4O. The Hall–Kier alpha value is -1.59. The lowest BCUT2D eigenvalue weighted by molar-refractivity contribution is -0.142. The van der Waals surface area contributed by atoms with Crippen molar-refractivity contribution in [2.24, 2.45) is 0 Å². The summed E-state index contributed by atoms with van der Waals surface area (Å²) in [6.07, 6.45) is 8.60. The van der Waals surface area contributed by atoms with Crippen LogP contribution in [0.3, 0.4) is 0 Å². The highest BCUT2D eigenvalue weighted by atomic mass is 35.5. The van der Waals surface area contributed by atoms with Crippen LogP contribution in [0.1, 0.15) is 12.8 Å². The Balaban J connectivity index is 0.00000220. The van der Waals surface area contributed by atoms with E-state index in [9.17, 15) is 4.79 Å². The topological polar surface area (TPSA) is 50.2 Å². The quantitative estimate of drug-likeness (QED) is 0.812. The molecule has 0 spiro atoms. The average Bonchev–Trinajstić information content (AvgIpc) is 3.02. The van der Waals surface area contributed by atoms with E-state index >= 15 is 0 Å². The minimum atomic E-state index is -0.583. The van der Waals surface area contributed by atoms with Crippen LogP contribution in [-0.2, 0) is 10.3 Å². The monoisotopic (exact) mass is 310 g/mol. The van der Waals surface area contributed by atoms with E-state index in [1.807, 2.05) is 16.9 Å². The Bertz CT molecular complexity index is 456. The second kappa shape index (κ2) is 8.00. The number of nitrogens with zero attached hydrogens (tertiary/aromatic N) is 3. The summed E-state index contributed by atoms with van der Waals surface area (Å²) in [6, 6.07) is 1.86. The van der Waals surface area contributed by atoms with Gasteiger partial charge in [0.25, 0.3) is 5.91 Å². The molecule has 1 fully saturated rings. The van der Waals surface area contributed by atoms with Gasteiger partial charge in [-0.15, -0.1) is 25.6 Å². The van der Waals surface area contributed by atoms with Crippen LogP contribution in [0.4, 0.5) is 0 Å². The molecule has 0 saturated carbocycles. The molecule has 6 heteroatoms. The van der Waals surface area contributed by atoms with E-state index in [1.165, 1.54) is 0 Å². The second-order valence-corrected chi connectivity index (χ2v) is 5.02. The van der Waals surface area contributed by atoms with Crippen molar-refractivity contribution in [2.75, 3.05) is 26.2 Å². The van der Waals surface area contributed by atoms with E-state index in [2.05, 4.69) is 23.6 Å². The summed E-state index contributed by atoms with van der Waals surface area (Å²) in [5, 5.41) is 7.63. The Morgan fingerprint density at radius 2 is 1.95 bits per heavy atom. The van der Waals surface area contributed by atoms with Crippen LogP contribution in [0.15, 0.2) is 43.8 Å². The van der Waals surface area contributed by atoms with Crippen molar-refractivity contribution >= 4 is 18.3 Å². The standard InChI is InChI=1S/C15H22N4O.ClH/c1-3-11-18(12-4-2)14(20)15(6-9-16-10-7-15)19-13-5-8-17-19;/h3-5,8,13,16H,1-2,6-7,9-12H2;1H. The molecule has 5 nitrogen and oxygen atoms in total. The molecule has 1 aromatic heterocycles. The summed E-state index contributed by atoms with van der Waals surface area (Å²) in [4.78, 5) is 14.8. The Morgan fingerprint density at radius 1 is 1.33 bits per heavy atom. The number of nitrogens with one attached hydrogen (secondary N) is 1. The lowest BCUT2D eigenvalue weighted by atomic mass is 9.86. The summed E-state index contributed by atoms with van der Waals surface area (Å²) in [7, 11) is 0. The van der Waals surface area contributed by atoms with Crippen LogP contribution in [0.2, 0.25) is 0 Å². The highest BCUT2D eigenvalue weighted by Gasteiger charge is 2.43. The van der Waals surface area contributed by atoms with Gasteiger partial charge in [0.1, 0.15) is 5.54 Å². The predicted molar refractivity (Wildman–Crippen MR) is 86.5 cm³/mol. The van der Waals surface area contributed by atoms with E-state index < -0.39 is 5.54 Å². The molecule has 0 radical (unpaired) electrons. The highest BCUT2D eigenvalue weighted by Crippen LogP contribution is 2.29. The fraction of sp³-hybridized carbons (Fsp3) is 0.467. The maximum absolute atomic E-state index is 13.0. The zero-order valence-electron chi connectivity index (χ0n) is 12.2. The molecule has 0 aliphatic carbocycles. The molecular weight excluding hydrogens is 288 g/mol. The summed E-state index contributed by atoms with van der Waals surface area (Å²) in [5.74, 6) is 0.0995. The molecule has 1 aromatic rings. The third-order valence-corrected chi connectivity index (χ3v) is 3.76. The van der Waals surface area contributed by atoms with Crippen molar-refractivity contribution in [3.63, 3.8) is 0 Å². The van der Waals surface area contributed by atoms with Gasteiger partial charge in [-0.25, -0.2) is 0 Å². The first-order valence-corrected chi connectivity index (χ1v) is 6.96. The molecule has 1 N–H and O–H groups in total. The average molecular weight is 311 g/mol. The van der Waals surface area contributed by atoms with E-state index in [0.717, 1.165) is 25.9 Å². The van der Waals surface area contributed by atoms with E-state index in [1.54, 1.807) is 23.2 Å². The maximum Gasteiger partial charge on any atom is 0.251 e. The maximum atomic E-state index is 13.0. The minimum Gasteiger partial charge on any atom is -0.333 e. The van der Waals surface area contributed by atoms with Crippen LogP contribution < -0.4 is 5.32 Å². The van der Waals surface area contributed by atoms with Crippen LogP contribution in [0, 0.1) is 0 Å². The number of rotatable bonds is 6. The van der Waals surface area contributed by atoms with Gasteiger partial charge in [-0.05, 0) is 32.0 Å². The molecule has 1 saturated heterocycles. The summed E-state index contributed by atoms with van der Waals surface area (Å²) >= 11 is 0. The Labute approximate surface area is 132 Å². The number of amides is 1. The first-order valence-electron chi connectivity index (χ1n) is 6.96. The van der Waals surface area contributed by atoms with Crippen molar-refractivity contribution in [2.45, 2.75) is 18.4 Å². The van der Waals surface area contributed by atoms with Crippen LogP contribution in [0.25, 0.3) is 0 Å². The fourth-order valence-electron chi connectivity index (χ4n) is 2.75. The smallest absolute Gasteiger partial charge is 0.251 e. The van der Waals surface area contributed by atoms with Gasteiger partial charge in [-0.3, -0.25) is 9.48 Å². The molecule has 1 aliphatic heterocycles. The largest absolute Gasteiger partial charge is 0.333 e. The normalized spacial score (nSPS) is 16.6. The van der Waals surface area contributed by atoms with Crippen molar-refractivity contribution in [1.82, 2.24) is 20.0 Å². The first-order chi connectivity index (χ1) is 9.74. The molecule has 1 amide bonds. The molecule has 2 rings (SSSR count). The van der Waals surface area contributed by atoms with Crippen molar-refractivity contribution in [3.05, 3.63) is 43.8 Å². The molecule has 21 heavy (non-hydrogen) atoms. The summed E-state index contributed by atoms with van der Waals surface area (Å²) < 4.78 is 1.81. The van der Waals surface area contributed by atoms with Gasteiger partial charge in [0.05, 0.1) is 0 Å². The number of carbonyl (C=O) groups is 1. The molecule has 0 atom stereocenters. The number of carbonyl (C=O) groups excluding carboxylic acids is 1. The highest BCUT2D eigenvalue weighted by molar-refractivity contribution is 5.85. The van der Waals surface area contributed by atoms with Gasteiger partial charge in [-0.2, -0.15) is 5.10 Å². The molecule has 0 bridgehead atoms. The fourth-order valence-corrected chi connectivity index (χ4v) is 2.75. The first kappa shape index (κ1) is 17.5. The number of aromatic nitrogens is 2. The molecule has 0 aromatic carbocycles. The number of piperidine rings is 1. The van der Waals surface area contributed by atoms with E-state index in [0.29, 0.717) is 13.1 Å². The third kappa shape index (κ3) is 3.54. The van der Waals surface area contributed by atoms with Crippen molar-refractivity contribution < 1.29 is 4.79 Å². The second-order valence-electron chi connectivity index (χ2n) is 5.02. The van der Waals surface area contributed by atoms with Gasteiger partial charge in [-0.1, -0.05) is 12.2 Å². The molecule has 1 aliphatic rings. The van der Waals surface area contributed by atoms with Crippen LogP contribution in [0.5, 0.6) is 0 Å². The molecule has 0 unspecified atom stereocenters. The van der Waals surface area contributed by atoms with Gasteiger partial charge >= 0.3 is 0 Å². The zero-order valence-corrected chi connectivity index (χ0v) is 13.0. The van der Waals surface area contributed by atoms with Gasteiger partial charge in [0.15, 0.2) is 0 Å². The summed E-state index contributed by atoms with van der Waals surface area (Å²) in [6.45, 7) is 10.2. The van der Waals surface area contributed by atoms with Crippen LogP contribution in [-0.4, -0.2) is 46.8 Å². The lowest BCUT2D eigenvalue weighted by Gasteiger charge is -2.39. The lowest BCUT2D eigenvalue weighted by Crippen LogP contribution is -2.55. The van der Waals surface area contributed by atoms with Crippen molar-refractivity contribution in [3.8, 4) is 0 Å². The summed E-state index contributed by atoms with van der Waals surface area (Å²) in [5.41, 5.74) is -0.583. The van der Waals surface area contributed by atoms with Gasteiger partial charge in [0, 0.05) is 25.5 Å². The Kier molecular flexibility index (Phi) is 6.65. The predicted octanol–water partition coefficient (Wildman–Crippen LogP) is 1.58. The van der Waals surface area contributed by atoms with Crippen LogP contribution >= 0.6 is 12.4 Å². The number of hydrogen-bond acceptors (Lipinski definition) is 3. The number of hydrogen-bond donors (Lipinski definition) is 1.